The minimum Gasteiger partial charge on any atom is -0.377 e. The van der Waals surface area contributed by atoms with E-state index in [1.807, 2.05) is 0 Å². The lowest BCUT2D eigenvalue weighted by Gasteiger charge is -2.28. The molecule has 0 saturated carbocycles. The summed E-state index contributed by atoms with van der Waals surface area (Å²) >= 11 is 0. The van der Waals surface area contributed by atoms with Crippen molar-refractivity contribution in [3.05, 3.63) is 127 Å². The molecule has 3 heteroatoms. The number of hydrogen-bond acceptors (Lipinski definition) is 2. The highest BCUT2D eigenvalue weighted by molar-refractivity contribution is 7.80. The normalized spacial score (nSPS) is 10.9. The zero-order valence-corrected chi connectivity index (χ0v) is 22.9. The molecule has 0 N–H and O–H groups in total. The molecule has 0 aliphatic rings. The van der Waals surface area contributed by atoms with Crippen LogP contribution in [-0.2, 0) is 0 Å². The Morgan fingerprint density at radius 3 is 1.14 bits per heavy atom. The fraction of sp³-hybridized carbons (Fsp3) is 0.118. The molecule has 0 atom stereocenters. The highest BCUT2D eigenvalue weighted by Gasteiger charge is 2.26. The van der Waals surface area contributed by atoms with Gasteiger partial charge in [-0.25, -0.2) is 0 Å². The first-order valence-corrected chi connectivity index (χ1v) is 14.0. The molecule has 37 heavy (non-hydrogen) atoms. The molecule has 5 aromatic carbocycles. The molecule has 5 aromatic rings. The van der Waals surface area contributed by atoms with E-state index in [1.165, 1.54) is 49.5 Å². The first-order chi connectivity index (χ1) is 18.1. The van der Waals surface area contributed by atoms with E-state index >= 15 is 0 Å². The molecule has 0 aromatic heterocycles. The van der Waals surface area contributed by atoms with Gasteiger partial charge in [-0.1, -0.05) is 115 Å². The molecule has 0 amide bonds. The molecule has 0 fully saturated rings. The summed E-state index contributed by atoms with van der Waals surface area (Å²) in [6.45, 7) is 0. The van der Waals surface area contributed by atoms with E-state index in [0.29, 0.717) is 0 Å². The largest absolute Gasteiger partial charge is 0.377 e. The summed E-state index contributed by atoms with van der Waals surface area (Å²) in [6.07, 6.45) is 0. The van der Waals surface area contributed by atoms with E-state index in [9.17, 15) is 0 Å². The molecule has 5 rings (SSSR count). The molecule has 0 radical (unpaired) electrons. The van der Waals surface area contributed by atoms with Gasteiger partial charge in [-0.05, 0) is 41.8 Å². The van der Waals surface area contributed by atoms with E-state index in [4.69, 9.17) is 0 Å². The summed E-state index contributed by atoms with van der Waals surface area (Å²) in [7, 11) is 7.67. The van der Waals surface area contributed by atoms with Crippen LogP contribution in [0, 0.1) is 0 Å². The lowest BCUT2D eigenvalue weighted by molar-refractivity contribution is 1.13. The molecule has 0 aliphatic carbocycles. The maximum absolute atomic E-state index is 2.31. The SMILES string of the molecule is CN(C)c1ccccc1-c1cccc(-c2ccccc2N(C)C)c1P(c1ccccc1)c1ccccc1. The number of hydrogen-bond donors (Lipinski definition) is 0. The number of anilines is 2. The second-order valence-corrected chi connectivity index (χ2v) is 11.7. The Bertz CT molecular complexity index is 1370. The second kappa shape index (κ2) is 11.0. The highest BCUT2D eigenvalue weighted by atomic mass is 31.1. The van der Waals surface area contributed by atoms with E-state index < -0.39 is 7.92 Å². The Hall–Kier alpha value is -3.87. The summed E-state index contributed by atoms with van der Waals surface area (Å²) in [5.41, 5.74) is 7.52. The van der Waals surface area contributed by atoms with E-state index in [1.54, 1.807) is 0 Å². The van der Waals surface area contributed by atoms with Crippen LogP contribution < -0.4 is 25.7 Å². The minimum absolute atomic E-state index is 0.835. The summed E-state index contributed by atoms with van der Waals surface area (Å²) in [5, 5.41) is 4.09. The van der Waals surface area contributed by atoms with Crippen LogP contribution in [0.15, 0.2) is 127 Å². The zero-order valence-electron chi connectivity index (χ0n) is 22.0. The quantitative estimate of drug-likeness (QED) is 0.224. The van der Waals surface area contributed by atoms with Crippen molar-refractivity contribution in [2.75, 3.05) is 38.0 Å². The lowest BCUT2D eigenvalue weighted by Crippen LogP contribution is -2.24. The summed E-state index contributed by atoms with van der Waals surface area (Å²) in [6, 6.07) is 46.4. The molecule has 2 nitrogen and oxygen atoms in total. The molecule has 0 bridgehead atoms. The van der Waals surface area contributed by atoms with Gasteiger partial charge < -0.3 is 9.80 Å². The van der Waals surface area contributed by atoms with Gasteiger partial charge in [0.25, 0.3) is 0 Å². The number of benzene rings is 5. The Labute approximate surface area is 222 Å². The monoisotopic (exact) mass is 500 g/mol. The van der Waals surface area contributed by atoms with Crippen LogP contribution in [0.3, 0.4) is 0 Å². The van der Waals surface area contributed by atoms with Crippen molar-refractivity contribution >= 4 is 35.2 Å². The Morgan fingerprint density at radius 2 is 0.730 bits per heavy atom. The van der Waals surface area contributed by atoms with Gasteiger partial charge in [-0.3, -0.25) is 0 Å². The van der Waals surface area contributed by atoms with Crippen molar-refractivity contribution < 1.29 is 0 Å². The molecular formula is C34H33N2P. The van der Waals surface area contributed by atoms with E-state index in [0.717, 1.165) is 0 Å². The molecule has 0 aliphatic heterocycles. The van der Waals surface area contributed by atoms with E-state index in [-0.39, 0.29) is 0 Å². The van der Waals surface area contributed by atoms with Gasteiger partial charge in [0.05, 0.1) is 0 Å². The topological polar surface area (TPSA) is 6.48 Å². The first-order valence-electron chi connectivity index (χ1n) is 12.6. The van der Waals surface area contributed by atoms with Crippen LogP contribution in [0.25, 0.3) is 22.3 Å². The van der Waals surface area contributed by atoms with E-state index in [2.05, 4.69) is 165 Å². The van der Waals surface area contributed by atoms with Crippen molar-refractivity contribution in [1.29, 1.82) is 0 Å². The number of para-hydroxylation sites is 2. The van der Waals surface area contributed by atoms with Gasteiger partial charge in [0.2, 0.25) is 0 Å². The maximum Gasteiger partial charge on any atom is 0.0440 e. The third-order valence-electron chi connectivity index (χ3n) is 6.64. The highest BCUT2D eigenvalue weighted by Crippen LogP contribution is 2.44. The van der Waals surface area contributed by atoms with Gasteiger partial charge in [-0.2, -0.15) is 0 Å². The van der Waals surface area contributed by atoms with Gasteiger partial charge in [-0.15, -0.1) is 0 Å². The van der Waals surface area contributed by atoms with Crippen LogP contribution in [0.4, 0.5) is 11.4 Å². The van der Waals surface area contributed by atoms with Crippen molar-refractivity contribution in [2.45, 2.75) is 0 Å². The fourth-order valence-corrected chi connectivity index (χ4v) is 7.59. The van der Waals surface area contributed by atoms with Crippen molar-refractivity contribution in [3.8, 4) is 22.3 Å². The van der Waals surface area contributed by atoms with Crippen LogP contribution in [0.2, 0.25) is 0 Å². The van der Waals surface area contributed by atoms with Crippen LogP contribution in [0.1, 0.15) is 0 Å². The molecular weight excluding hydrogens is 467 g/mol. The van der Waals surface area contributed by atoms with Crippen LogP contribution in [-0.4, -0.2) is 28.2 Å². The fourth-order valence-electron chi connectivity index (χ4n) is 4.96. The predicted molar refractivity (Wildman–Crippen MR) is 165 cm³/mol. The van der Waals surface area contributed by atoms with Crippen LogP contribution in [0.5, 0.6) is 0 Å². The molecule has 184 valence electrons. The summed E-state index contributed by atoms with van der Waals surface area (Å²) in [5.74, 6) is 0. The van der Waals surface area contributed by atoms with Gasteiger partial charge in [0, 0.05) is 56.0 Å². The molecule has 0 spiro atoms. The third-order valence-corrected chi connectivity index (χ3v) is 9.20. The average Bonchev–Trinajstić information content (AvgIpc) is 2.94. The third kappa shape index (κ3) is 5.03. The summed E-state index contributed by atoms with van der Waals surface area (Å²) < 4.78 is 0. The van der Waals surface area contributed by atoms with Gasteiger partial charge in [0.1, 0.15) is 0 Å². The van der Waals surface area contributed by atoms with Crippen molar-refractivity contribution in [2.24, 2.45) is 0 Å². The van der Waals surface area contributed by atoms with Gasteiger partial charge >= 0.3 is 0 Å². The molecule has 0 heterocycles. The Balaban J connectivity index is 1.91. The van der Waals surface area contributed by atoms with Crippen molar-refractivity contribution in [1.82, 2.24) is 0 Å². The number of rotatable bonds is 7. The number of nitrogens with zero attached hydrogens (tertiary/aromatic N) is 2. The smallest absolute Gasteiger partial charge is 0.0440 e. The maximum atomic E-state index is 2.31. The van der Waals surface area contributed by atoms with Crippen molar-refractivity contribution in [3.63, 3.8) is 0 Å². The Kier molecular flexibility index (Phi) is 7.40. The predicted octanol–water partition coefficient (Wildman–Crippen LogP) is 6.91. The minimum atomic E-state index is -0.835. The Morgan fingerprint density at radius 1 is 0.378 bits per heavy atom. The summed E-state index contributed by atoms with van der Waals surface area (Å²) in [4.78, 5) is 4.43. The second-order valence-electron chi connectivity index (χ2n) is 9.53. The van der Waals surface area contributed by atoms with Crippen LogP contribution >= 0.6 is 7.92 Å². The first kappa shape index (κ1) is 24.8. The standard InChI is InChI=1S/C34H33N2P/c1-35(2)32-24-13-11-20-28(32)30-22-15-23-31(29-21-12-14-25-33(29)36(3)4)34(30)37(26-16-7-5-8-17-26)27-18-9-6-10-19-27/h5-25H,1-4H3. The lowest BCUT2D eigenvalue weighted by atomic mass is 9.96. The zero-order chi connectivity index (χ0) is 25.8. The van der Waals surface area contributed by atoms with Gasteiger partial charge in [0.15, 0.2) is 0 Å². The molecule has 0 unspecified atom stereocenters. The average molecular weight is 501 g/mol. The molecule has 0 saturated heterocycles.